The van der Waals surface area contributed by atoms with Crippen LogP contribution in [0, 0.1) is 6.92 Å². The molecular formula is C23H23N5OS. The van der Waals surface area contributed by atoms with Gasteiger partial charge in [0.15, 0.2) is 5.65 Å². The van der Waals surface area contributed by atoms with Crippen LogP contribution in [0.2, 0.25) is 0 Å². The van der Waals surface area contributed by atoms with Crippen molar-refractivity contribution in [3.05, 3.63) is 63.2 Å². The van der Waals surface area contributed by atoms with Crippen LogP contribution in [0.15, 0.2) is 36.8 Å². The predicted octanol–water partition coefficient (Wildman–Crippen LogP) is 4.76. The molecule has 5 rings (SSSR count). The molecule has 4 aromatic rings. The Morgan fingerprint density at radius 3 is 2.90 bits per heavy atom. The van der Waals surface area contributed by atoms with Gasteiger partial charge in [-0.1, -0.05) is 12.1 Å². The van der Waals surface area contributed by atoms with Crippen LogP contribution in [0.1, 0.15) is 57.0 Å². The third-order valence-corrected chi connectivity index (χ3v) is 7.06. The maximum atomic E-state index is 12.8. The Labute approximate surface area is 178 Å². The summed E-state index contributed by atoms with van der Waals surface area (Å²) in [6.45, 7) is 4.10. The molecule has 7 heteroatoms. The third-order valence-electron chi connectivity index (χ3n) is 5.83. The molecule has 1 amide bonds. The van der Waals surface area contributed by atoms with E-state index in [9.17, 15) is 4.79 Å². The number of aromatic nitrogens is 4. The zero-order valence-corrected chi connectivity index (χ0v) is 17.8. The van der Waals surface area contributed by atoms with E-state index >= 15 is 0 Å². The molecule has 2 N–H and O–H groups in total. The number of H-pyrrole nitrogens is 1. The zero-order chi connectivity index (χ0) is 20.7. The Morgan fingerprint density at radius 1 is 1.20 bits per heavy atom. The van der Waals surface area contributed by atoms with Crippen molar-refractivity contribution >= 4 is 28.3 Å². The van der Waals surface area contributed by atoms with Crippen molar-refractivity contribution in [3.63, 3.8) is 0 Å². The molecule has 0 saturated heterocycles. The number of amides is 1. The summed E-state index contributed by atoms with van der Waals surface area (Å²) < 4.78 is 0. The van der Waals surface area contributed by atoms with Crippen LogP contribution in [0.3, 0.4) is 0 Å². The van der Waals surface area contributed by atoms with Crippen molar-refractivity contribution in [3.8, 4) is 11.3 Å². The molecule has 1 aliphatic rings. The molecule has 1 unspecified atom stereocenters. The summed E-state index contributed by atoms with van der Waals surface area (Å²) in [6, 6.07) is 8.23. The standard InChI is InChI=1S/C23H23N5OS/c1-13-9-16(21-18-11-26-28-22(18)25-12-24-21)7-8-17(13)14(2)27-23(29)20-10-15-5-3-4-6-19(15)30-20/h7-12,14H,3-6H2,1-2H3,(H,27,29)(H,24,25,26,28). The van der Waals surface area contributed by atoms with Gasteiger partial charge in [-0.3, -0.25) is 9.89 Å². The van der Waals surface area contributed by atoms with Crippen LogP contribution < -0.4 is 5.32 Å². The molecule has 3 aromatic heterocycles. The van der Waals surface area contributed by atoms with E-state index in [4.69, 9.17) is 0 Å². The van der Waals surface area contributed by atoms with E-state index in [1.54, 1.807) is 23.9 Å². The second-order valence-corrected chi connectivity index (χ2v) is 9.02. The predicted molar refractivity (Wildman–Crippen MR) is 119 cm³/mol. The third kappa shape index (κ3) is 3.39. The van der Waals surface area contributed by atoms with Crippen LogP contribution in [0.5, 0.6) is 0 Å². The number of carbonyl (C=O) groups excluding carboxylic acids is 1. The van der Waals surface area contributed by atoms with Gasteiger partial charge < -0.3 is 5.32 Å². The quantitative estimate of drug-likeness (QED) is 0.501. The number of fused-ring (bicyclic) bond motifs is 2. The summed E-state index contributed by atoms with van der Waals surface area (Å²) in [5.74, 6) is 0.0151. The number of carbonyl (C=O) groups is 1. The first-order valence-electron chi connectivity index (χ1n) is 10.3. The van der Waals surface area contributed by atoms with E-state index in [1.807, 2.05) is 13.0 Å². The fraction of sp³-hybridized carbons (Fsp3) is 0.304. The Kier molecular flexibility index (Phi) is 4.83. The Balaban J connectivity index is 1.37. The number of benzene rings is 1. The molecule has 0 spiro atoms. The molecule has 1 aromatic carbocycles. The lowest BCUT2D eigenvalue weighted by molar-refractivity contribution is 0.0944. The van der Waals surface area contributed by atoms with Crippen LogP contribution >= 0.6 is 11.3 Å². The lowest BCUT2D eigenvalue weighted by Crippen LogP contribution is -2.26. The molecule has 1 aliphatic carbocycles. The van der Waals surface area contributed by atoms with E-state index in [1.165, 1.54) is 23.3 Å². The minimum atomic E-state index is -0.0787. The van der Waals surface area contributed by atoms with Gasteiger partial charge in [-0.2, -0.15) is 5.10 Å². The SMILES string of the molecule is Cc1cc(-c2ncnc3[nH]ncc23)ccc1C(C)NC(=O)c1cc2c(s1)CCCC2. The molecule has 30 heavy (non-hydrogen) atoms. The topological polar surface area (TPSA) is 83.6 Å². The summed E-state index contributed by atoms with van der Waals surface area (Å²) in [6.07, 6.45) is 7.96. The van der Waals surface area contributed by atoms with Gasteiger partial charge in [0.25, 0.3) is 5.91 Å². The first-order valence-corrected chi connectivity index (χ1v) is 11.1. The number of thiophene rings is 1. The molecule has 0 aliphatic heterocycles. The highest BCUT2D eigenvalue weighted by atomic mass is 32.1. The Hall–Kier alpha value is -3.06. The molecule has 0 saturated carbocycles. The summed E-state index contributed by atoms with van der Waals surface area (Å²) in [7, 11) is 0. The molecular weight excluding hydrogens is 394 g/mol. The van der Waals surface area contributed by atoms with E-state index in [2.05, 4.69) is 50.6 Å². The summed E-state index contributed by atoms with van der Waals surface area (Å²) in [5, 5.41) is 11.0. The number of aromatic amines is 1. The lowest BCUT2D eigenvalue weighted by Gasteiger charge is -2.17. The van der Waals surface area contributed by atoms with Gasteiger partial charge in [-0.25, -0.2) is 9.97 Å². The highest BCUT2D eigenvalue weighted by Crippen LogP contribution is 2.31. The first kappa shape index (κ1) is 18.9. The van der Waals surface area contributed by atoms with Crippen molar-refractivity contribution in [2.75, 3.05) is 0 Å². The maximum Gasteiger partial charge on any atom is 0.261 e. The number of rotatable bonds is 4. The van der Waals surface area contributed by atoms with Gasteiger partial charge in [-0.15, -0.1) is 11.3 Å². The van der Waals surface area contributed by atoms with Crippen molar-refractivity contribution in [1.82, 2.24) is 25.5 Å². The van der Waals surface area contributed by atoms with E-state index in [0.717, 1.165) is 51.1 Å². The van der Waals surface area contributed by atoms with Gasteiger partial charge in [-0.05, 0) is 68.4 Å². The minimum absolute atomic E-state index is 0.0151. The van der Waals surface area contributed by atoms with Gasteiger partial charge in [0.1, 0.15) is 6.33 Å². The Morgan fingerprint density at radius 2 is 2.07 bits per heavy atom. The largest absolute Gasteiger partial charge is 0.345 e. The average molecular weight is 418 g/mol. The van der Waals surface area contributed by atoms with Crippen LogP contribution in [0.4, 0.5) is 0 Å². The lowest BCUT2D eigenvalue weighted by atomic mass is 9.97. The van der Waals surface area contributed by atoms with Gasteiger partial charge in [0.2, 0.25) is 0 Å². The molecule has 6 nitrogen and oxygen atoms in total. The maximum absolute atomic E-state index is 12.8. The summed E-state index contributed by atoms with van der Waals surface area (Å²) >= 11 is 1.65. The van der Waals surface area contributed by atoms with Gasteiger partial charge in [0, 0.05) is 10.4 Å². The molecule has 1 atom stereocenters. The summed E-state index contributed by atoms with van der Waals surface area (Å²) in [4.78, 5) is 23.7. The van der Waals surface area contributed by atoms with E-state index in [-0.39, 0.29) is 11.9 Å². The number of aryl methyl sites for hydroxylation is 3. The zero-order valence-electron chi connectivity index (χ0n) is 17.0. The molecule has 0 radical (unpaired) electrons. The number of nitrogens with zero attached hydrogens (tertiary/aromatic N) is 3. The van der Waals surface area contributed by atoms with E-state index in [0.29, 0.717) is 0 Å². The second-order valence-electron chi connectivity index (χ2n) is 7.89. The van der Waals surface area contributed by atoms with Gasteiger partial charge >= 0.3 is 0 Å². The average Bonchev–Trinajstić information content (AvgIpc) is 3.40. The van der Waals surface area contributed by atoms with E-state index < -0.39 is 0 Å². The van der Waals surface area contributed by atoms with Crippen molar-refractivity contribution in [2.45, 2.75) is 45.6 Å². The smallest absolute Gasteiger partial charge is 0.261 e. The van der Waals surface area contributed by atoms with Crippen LogP contribution in [0.25, 0.3) is 22.3 Å². The second kappa shape index (κ2) is 7.65. The van der Waals surface area contributed by atoms with Gasteiger partial charge in [0.05, 0.1) is 28.2 Å². The van der Waals surface area contributed by atoms with Crippen molar-refractivity contribution in [1.29, 1.82) is 0 Å². The number of nitrogens with one attached hydrogen (secondary N) is 2. The highest BCUT2D eigenvalue weighted by molar-refractivity contribution is 7.14. The Bertz CT molecular complexity index is 1220. The molecule has 0 fully saturated rings. The number of hydrogen-bond donors (Lipinski definition) is 2. The molecule has 0 bridgehead atoms. The summed E-state index contributed by atoms with van der Waals surface area (Å²) in [5.41, 5.74) is 6.16. The van der Waals surface area contributed by atoms with Crippen molar-refractivity contribution in [2.24, 2.45) is 0 Å². The van der Waals surface area contributed by atoms with Crippen LogP contribution in [-0.4, -0.2) is 26.1 Å². The normalized spacial score (nSPS) is 14.5. The molecule has 3 heterocycles. The fourth-order valence-corrected chi connectivity index (χ4v) is 5.41. The minimum Gasteiger partial charge on any atom is -0.345 e. The monoisotopic (exact) mass is 417 g/mol. The van der Waals surface area contributed by atoms with Crippen LogP contribution in [-0.2, 0) is 12.8 Å². The first-order chi connectivity index (χ1) is 14.6. The number of hydrogen-bond acceptors (Lipinski definition) is 5. The fourth-order valence-electron chi connectivity index (χ4n) is 4.25. The van der Waals surface area contributed by atoms with Crippen molar-refractivity contribution < 1.29 is 4.79 Å². The molecule has 152 valence electrons. The highest BCUT2D eigenvalue weighted by Gasteiger charge is 2.20.